The summed E-state index contributed by atoms with van der Waals surface area (Å²) < 4.78 is 3.95. The van der Waals surface area contributed by atoms with Crippen molar-refractivity contribution in [2.75, 3.05) is 0 Å². The van der Waals surface area contributed by atoms with Gasteiger partial charge in [-0.25, -0.2) is 0 Å². The third-order valence-electron chi connectivity index (χ3n) is 1.49. The second-order valence-electron chi connectivity index (χ2n) is 2.50. The van der Waals surface area contributed by atoms with Gasteiger partial charge in [-0.2, -0.15) is 0 Å². The van der Waals surface area contributed by atoms with Crippen LogP contribution in [0, 0.1) is 10.7 Å². The van der Waals surface area contributed by atoms with Crippen LogP contribution in [0.1, 0.15) is 12.5 Å². The second kappa shape index (κ2) is 4.59. The lowest BCUT2D eigenvalue weighted by Crippen LogP contribution is -1.91. The highest BCUT2D eigenvalue weighted by molar-refractivity contribution is 14.1. The van der Waals surface area contributed by atoms with Gasteiger partial charge in [-0.05, 0) is 91.9 Å². The molecule has 1 rings (SSSR count). The molecule has 0 atom stereocenters. The van der Waals surface area contributed by atoms with Crippen LogP contribution in [0.2, 0.25) is 0 Å². The Balaban J connectivity index is 3.36. The fourth-order valence-corrected chi connectivity index (χ4v) is 3.22. The lowest BCUT2D eigenvalue weighted by molar-refractivity contribution is 1.46. The van der Waals surface area contributed by atoms with Crippen molar-refractivity contribution in [3.8, 4) is 0 Å². The van der Waals surface area contributed by atoms with Crippen molar-refractivity contribution in [2.45, 2.75) is 6.92 Å². The Kier molecular flexibility index (Phi) is 4.29. The Bertz CT molecular complexity index is 329. The summed E-state index contributed by atoms with van der Waals surface area (Å²) in [6, 6.07) is 4.27. The number of allylic oxidation sites excluding steroid dienone is 1. The van der Waals surface area contributed by atoms with Crippen LogP contribution < -0.4 is 0 Å². The van der Waals surface area contributed by atoms with Crippen LogP contribution in [-0.4, -0.2) is 0 Å². The molecule has 0 aliphatic heterocycles. The maximum atomic E-state index is 3.95. The van der Waals surface area contributed by atoms with E-state index >= 15 is 0 Å². The third-order valence-corrected chi connectivity index (χ3v) is 6.70. The molecule has 0 saturated heterocycles. The quantitative estimate of drug-likeness (QED) is 0.397. The minimum Gasteiger partial charge on any atom is -0.0955 e. The van der Waals surface area contributed by atoms with Crippen molar-refractivity contribution >= 4 is 73.3 Å². The molecule has 0 bridgehead atoms. The fourth-order valence-electron chi connectivity index (χ4n) is 0.856. The first-order valence-electron chi connectivity index (χ1n) is 3.33. The number of rotatable bonds is 1. The maximum absolute atomic E-state index is 3.95. The largest absolute Gasteiger partial charge is 0.0955 e. The molecular formula is C9H7I3. The van der Waals surface area contributed by atoms with Gasteiger partial charge in [-0.15, -0.1) is 0 Å². The molecule has 64 valence electrons. The molecule has 1 aromatic carbocycles. The summed E-state index contributed by atoms with van der Waals surface area (Å²) in [7, 11) is 0. The van der Waals surface area contributed by atoms with Crippen molar-refractivity contribution in [1.82, 2.24) is 0 Å². The zero-order chi connectivity index (χ0) is 9.30. The highest BCUT2D eigenvalue weighted by Crippen LogP contribution is 2.27. The highest BCUT2D eigenvalue weighted by atomic mass is 127. The zero-order valence-corrected chi connectivity index (χ0v) is 13.0. The Morgan fingerprint density at radius 1 is 1.17 bits per heavy atom. The molecule has 0 amide bonds. The van der Waals surface area contributed by atoms with E-state index in [9.17, 15) is 0 Å². The molecule has 12 heavy (non-hydrogen) atoms. The van der Waals surface area contributed by atoms with Gasteiger partial charge in [0, 0.05) is 10.7 Å². The predicted molar refractivity (Wildman–Crippen MR) is 79.3 cm³/mol. The normalized spacial score (nSPS) is 10.0. The summed E-state index contributed by atoms with van der Waals surface area (Å²) in [5, 5.41) is 0. The van der Waals surface area contributed by atoms with Crippen molar-refractivity contribution < 1.29 is 0 Å². The van der Waals surface area contributed by atoms with Crippen LogP contribution in [-0.2, 0) is 0 Å². The molecule has 0 unspecified atom stereocenters. The highest BCUT2D eigenvalue weighted by Gasteiger charge is 2.06. The summed E-state index contributed by atoms with van der Waals surface area (Å²) in [5.41, 5.74) is 2.40. The van der Waals surface area contributed by atoms with Crippen molar-refractivity contribution in [2.24, 2.45) is 0 Å². The molecule has 0 aliphatic carbocycles. The molecule has 0 saturated carbocycles. The monoisotopic (exact) mass is 496 g/mol. The summed E-state index contributed by atoms with van der Waals surface area (Å²) >= 11 is 7.09. The Hall–Kier alpha value is 1.15. The summed E-state index contributed by atoms with van der Waals surface area (Å²) in [5.74, 6) is 0. The number of hydrogen-bond donors (Lipinski definition) is 0. The number of benzene rings is 1. The van der Waals surface area contributed by atoms with E-state index in [2.05, 4.69) is 86.5 Å². The Morgan fingerprint density at radius 3 is 2.25 bits per heavy atom. The van der Waals surface area contributed by atoms with E-state index in [0.717, 1.165) is 5.57 Å². The first kappa shape index (κ1) is 11.2. The van der Waals surface area contributed by atoms with Crippen molar-refractivity contribution in [3.63, 3.8) is 0 Å². The average molecular weight is 496 g/mol. The molecule has 0 aliphatic rings. The molecule has 0 spiro atoms. The van der Waals surface area contributed by atoms with Crippen LogP contribution in [0.4, 0.5) is 0 Å². The van der Waals surface area contributed by atoms with Crippen LogP contribution in [0.25, 0.3) is 5.57 Å². The van der Waals surface area contributed by atoms with Gasteiger partial charge in [-0.3, -0.25) is 0 Å². The van der Waals surface area contributed by atoms with Crippen molar-refractivity contribution in [3.05, 3.63) is 35.0 Å². The van der Waals surface area contributed by atoms with Crippen LogP contribution in [0.5, 0.6) is 0 Å². The third kappa shape index (κ3) is 2.34. The molecule has 0 nitrogen and oxygen atoms in total. The molecule has 3 heteroatoms. The topological polar surface area (TPSA) is 0 Å². The Labute approximate surface area is 114 Å². The minimum atomic E-state index is 1.13. The van der Waals surface area contributed by atoms with E-state index < -0.39 is 0 Å². The standard InChI is InChI=1S/C9H7I3/c1-5(2)6-3-4-7(10)9(12)8(6)11/h3-4H,1H2,2H3. The van der Waals surface area contributed by atoms with E-state index in [1.165, 1.54) is 16.3 Å². The average Bonchev–Trinajstić information content (AvgIpc) is 2.00. The van der Waals surface area contributed by atoms with Crippen LogP contribution in [0.3, 0.4) is 0 Å². The molecular weight excluding hydrogens is 489 g/mol. The predicted octanol–water partition coefficient (Wildman–Crippen LogP) is 4.53. The van der Waals surface area contributed by atoms with Gasteiger partial charge in [0.25, 0.3) is 0 Å². The van der Waals surface area contributed by atoms with Gasteiger partial charge in [0.2, 0.25) is 0 Å². The van der Waals surface area contributed by atoms with Crippen LogP contribution in [0.15, 0.2) is 18.7 Å². The molecule has 0 fully saturated rings. The van der Waals surface area contributed by atoms with E-state index in [0.29, 0.717) is 0 Å². The molecule has 0 aromatic heterocycles. The van der Waals surface area contributed by atoms with Gasteiger partial charge in [0.15, 0.2) is 0 Å². The number of halogens is 3. The molecule has 0 N–H and O–H groups in total. The molecule has 1 aromatic rings. The summed E-state index contributed by atoms with van der Waals surface area (Å²) in [6.45, 7) is 5.99. The first-order chi connectivity index (χ1) is 5.54. The van der Waals surface area contributed by atoms with Gasteiger partial charge < -0.3 is 0 Å². The Morgan fingerprint density at radius 2 is 1.75 bits per heavy atom. The lowest BCUT2D eigenvalue weighted by Gasteiger charge is -2.06. The lowest BCUT2D eigenvalue weighted by atomic mass is 10.1. The molecule has 0 radical (unpaired) electrons. The smallest absolute Gasteiger partial charge is 0.0403 e. The zero-order valence-electron chi connectivity index (χ0n) is 6.50. The van der Waals surface area contributed by atoms with E-state index in [4.69, 9.17) is 0 Å². The summed E-state index contributed by atoms with van der Waals surface area (Å²) in [4.78, 5) is 0. The summed E-state index contributed by atoms with van der Waals surface area (Å²) in [6.07, 6.45) is 0. The van der Waals surface area contributed by atoms with Gasteiger partial charge in [0.1, 0.15) is 0 Å². The SMILES string of the molecule is C=C(C)c1ccc(I)c(I)c1I. The van der Waals surface area contributed by atoms with Gasteiger partial charge in [-0.1, -0.05) is 12.6 Å². The number of hydrogen-bond acceptors (Lipinski definition) is 0. The van der Waals surface area contributed by atoms with E-state index in [1.54, 1.807) is 0 Å². The minimum absolute atomic E-state index is 1.13. The second-order valence-corrected chi connectivity index (χ2v) is 5.82. The van der Waals surface area contributed by atoms with Crippen LogP contribution >= 0.6 is 67.8 Å². The van der Waals surface area contributed by atoms with E-state index in [1.807, 2.05) is 6.92 Å². The molecule has 0 heterocycles. The fraction of sp³-hybridized carbons (Fsp3) is 0.111. The maximum Gasteiger partial charge on any atom is 0.0403 e. The van der Waals surface area contributed by atoms with Gasteiger partial charge in [0.05, 0.1) is 0 Å². The van der Waals surface area contributed by atoms with E-state index in [-0.39, 0.29) is 0 Å². The van der Waals surface area contributed by atoms with Crippen molar-refractivity contribution in [1.29, 1.82) is 0 Å². The first-order valence-corrected chi connectivity index (χ1v) is 6.57. The van der Waals surface area contributed by atoms with Gasteiger partial charge >= 0.3 is 0 Å².